The van der Waals surface area contributed by atoms with E-state index in [1.165, 1.54) is 0 Å². The first-order chi connectivity index (χ1) is 6.69. The summed E-state index contributed by atoms with van der Waals surface area (Å²) in [7, 11) is 0. The summed E-state index contributed by atoms with van der Waals surface area (Å²) in [5.74, 6) is -0.545. The Bertz CT molecular complexity index is 229. The highest BCUT2D eigenvalue weighted by atomic mass is 16.5. The molecule has 80 valence electrons. The van der Waals surface area contributed by atoms with Gasteiger partial charge in [-0.1, -0.05) is 0 Å². The average Bonchev–Trinajstić information content (AvgIpc) is 2.84. The Balaban J connectivity index is 2.19. The molecule has 1 fully saturated rings. The zero-order chi connectivity index (χ0) is 10.6. The van der Waals surface area contributed by atoms with Gasteiger partial charge in [-0.15, -0.1) is 0 Å². The summed E-state index contributed by atoms with van der Waals surface area (Å²) in [5.41, 5.74) is 0. The Morgan fingerprint density at radius 2 is 1.93 bits per heavy atom. The quantitative estimate of drug-likeness (QED) is 0.455. The number of hydrogen-bond acceptors (Lipinski definition) is 5. The third-order valence-electron chi connectivity index (χ3n) is 1.91. The van der Waals surface area contributed by atoms with E-state index in [-0.39, 0.29) is 24.5 Å². The number of rotatable bonds is 5. The van der Waals surface area contributed by atoms with Gasteiger partial charge in [0.25, 0.3) is 0 Å². The van der Waals surface area contributed by atoms with E-state index in [0.29, 0.717) is 19.8 Å². The first kappa shape index (κ1) is 11.0. The summed E-state index contributed by atoms with van der Waals surface area (Å²) < 4.78 is 9.55. The Hall–Kier alpha value is -1.10. The molecule has 5 heteroatoms. The molecule has 2 atom stereocenters. The van der Waals surface area contributed by atoms with Crippen molar-refractivity contribution >= 4 is 11.9 Å². The van der Waals surface area contributed by atoms with E-state index in [0.717, 1.165) is 0 Å². The average molecular weight is 201 g/mol. The fraction of sp³-hybridized carbons (Fsp3) is 0.778. The maximum Gasteiger partial charge on any atom is 0.324 e. The van der Waals surface area contributed by atoms with Gasteiger partial charge in [-0.2, -0.15) is 0 Å². The summed E-state index contributed by atoms with van der Waals surface area (Å²) in [6.07, 6.45) is 0. The smallest absolute Gasteiger partial charge is 0.324 e. The molecule has 0 radical (unpaired) electrons. The van der Waals surface area contributed by atoms with Crippen LogP contribution in [0.2, 0.25) is 0 Å². The highest BCUT2D eigenvalue weighted by Gasteiger charge is 2.42. The lowest BCUT2D eigenvalue weighted by Crippen LogP contribution is -2.22. The molecular weight excluding hydrogens is 186 g/mol. The lowest BCUT2D eigenvalue weighted by atomic mass is 10.5. The minimum atomic E-state index is -0.292. The number of carbonyl (C=O) groups excluding carboxylic acids is 2. The predicted octanol–water partition coefficient (Wildman–Crippen LogP) is -0.203. The van der Waals surface area contributed by atoms with Crippen molar-refractivity contribution in [3.05, 3.63) is 0 Å². The molecule has 0 amide bonds. The minimum absolute atomic E-state index is 0.178. The molecule has 0 spiro atoms. The number of ether oxygens (including phenoxy) is 2. The van der Waals surface area contributed by atoms with Crippen molar-refractivity contribution in [3.63, 3.8) is 0 Å². The Morgan fingerprint density at radius 1 is 1.29 bits per heavy atom. The Labute approximate surface area is 83.0 Å². The van der Waals surface area contributed by atoms with Crippen LogP contribution in [0.15, 0.2) is 0 Å². The van der Waals surface area contributed by atoms with Crippen LogP contribution in [-0.2, 0) is 19.1 Å². The number of nitrogens with zero attached hydrogens (tertiary/aromatic N) is 1. The first-order valence-corrected chi connectivity index (χ1v) is 4.75. The van der Waals surface area contributed by atoms with Crippen molar-refractivity contribution in [3.8, 4) is 0 Å². The molecule has 1 aliphatic heterocycles. The molecule has 0 saturated carbocycles. The van der Waals surface area contributed by atoms with E-state index in [9.17, 15) is 9.59 Å². The van der Waals surface area contributed by atoms with E-state index < -0.39 is 0 Å². The van der Waals surface area contributed by atoms with Gasteiger partial charge in [0.1, 0.15) is 6.04 Å². The maximum atomic E-state index is 11.1. The first-order valence-electron chi connectivity index (χ1n) is 4.75. The zero-order valence-electron chi connectivity index (χ0n) is 8.49. The highest BCUT2D eigenvalue weighted by molar-refractivity contribution is 5.81. The standard InChI is InChI=1S/C9H15NO4/c1-3-13-8(11)6-10-5-7(10)9(12)14-4-2/h7H,3-6H2,1-2H3. The normalized spacial score (nSPS) is 24.1. The van der Waals surface area contributed by atoms with Gasteiger partial charge in [-0.3, -0.25) is 14.5 Å². The topological polar surface area (TPSA) is 55.6 Å². The summed E-state index contributed by atoms with van der Waals surface area (Å²) in [6.45, 7) is 5.03. The van der Waals surface area contributed by atoms with Crippen molar-refractivity contribution in [1.29, 1.82) is 0 Å². The van der Waals surface area contributed by atoms with E-state index in [2.05, 4.69) is 0 Å². The summed E-state index contributed by atoms with van der Waals surface area (Å²) in [4.78, 5) is 23.9. The van der Waals surface area contributed by atoms with Gasteiger partial charge in [0, 0.05) is 6.54 Å². The molecule has 0 aliphatic carbocycles. The molecular formula is C9H15NO4. The SMILES string of the molecule is CCOC(=O)CN1CC1C(=O)OCC. The largest absolute Gasteiger partial charge is 0.465 e. The van der Waals surface area contributed by atoms with Crippen LogP contribution < -0.4 is 0 Å². The molecule has 0 N–H and O–H groups in total. The van der Waals surface area contributed by atoms with Gasteiger partial charge in [0.2, 0.25) is 0 Å². The van der Waals surface area contributed by atoms with Crippen LogP contribution in [0.4, 0.5) is 0 Å². The third-order valence-corrected chi connectivity index (χ3v) is 1.91. The van der Waals surface area contributed by atoms with Crippen LogP contribution in [0.25, 0.3) is 0 Å². The number of hydrogen-bond donors (Lipinski definition) is 0. The van der Waals surface area contributed by atoms with Crippen molar-refractivity contribution in [2.24, 2.45) is 0 Å². The Kier molecular flexibility index (Phi) is 3.88. The van der Waals surface area contributed by atoms with Crippen molar-refractivity contribution in [1.82, 2.24) is 4.90 Å². The van der Waals surface area contributed by atoms with Crippen molar-refractivity contribution < 1.29 is 19.1 Å². The van der Waals surface area contributed by atoms with Crippen LogP contribution in [-0.4, -0.2) is 49.2 Å². The number of esters is 2. The van der Waals surface area contributed by atoms with E-state index >= 15 is 0 Å². The molecule has 2 unspecified atom stereocenters. The zero-order valence-corrected chi connectivity index (χ0v) is 8.49. The summed E-state index contributed by atoms with van der Waals surface area (Å²) in [6, 6.07) is -0.237. The van der Waals surface area contributed by atoms with Crippen LogP contribution >= 0.6 is 0 Å². The molecule has 0 aromatic rings. The molecule has 0 bridgehead atoms. The second-order valence-corrected chi connectivity index (χ2v) is 3.00. The van der Waals surface area contributed by atoms with Crippen molar-refractivity contribution in [2.45, 2.75) is 19.9 Å². The molecule has 0 aromatic heterocycles. The van der Waals surface area contributed by atoms with Crippen LogP contribution in [0.5, 0.6) is 0 Å². The van der Waals surface area contributed by atoms with Crippen LogP contribution in [0.1, 0.15) is 13.8 Å². The van der Waals surface area contributed by atoms with Gasteiger partial charge >= 0.3 is 11.9 Å². The van der Waals surface area contributed by atoms with Gasteiger partial charge in [0.15, 0.2) is 0 Å². The summed E-state index contributed by atoms with van der Waals surface area (Å²) in [5, 5.41) is 0. The van der Waals surface area contributed by atoms with Gasteiger partial charge in [0.05, 0.1) is 19.8 Å². The maximum absolute atomic E-state index is 11.1. The van der Waals surface area contributed by atoms with Crippen LogP contribution in [0.3, 0.4) is 0 Å². The van der Waals surface area contributed by atoms with Gasteiger partial charge < -0.3 is 9.47 Å². The lowest BCUT2D eigenvalue weighted by Gasteiger charge is -2.03. The Morgan fingerprint density at radius 3 is 2.50 bits per heavy atom. The third kappa shape index (κ3) is 2.99. The fourth-order valence-corrected chi connectivity index (χ4v) is 1.18. The van der Waals surface area contributed by atoms with Gasteiger partial charge in [-0.25, -0.2) is 0 Å². The van der Waals surface area contributed by atoms with Gasteiger partial charge in [-0.05, 0) is 13.8 Å². The minimum Gasteiger partial charge on any atom is -0.465 e. The molecule has 5 nitrogen and oxygen atoms in total. The molecule has 14 heavy (non-hydrogen) atoms. The molecule has 1 saturated heterocycles. The second-order valence-electron chi connectivity index (χ2n) is 3.00. The fourth-order valence-electron chi connectivity index (χ4n) is 1.18. The molecule has 1 aliphatic rings. The summed E-state index contributed by atoms with van der Waals surface area (Å²) >= 11 is 0. The lowest BCUT2D eigenvalue weighted by molar-refractivity contribution is -0.145. The monoisotopic (exact) mass is 201 g/mol. The predicted molar refractivity (Wildman–Crippen MR) is 48.6 cm³/mol. The van der Waals surface area contributed by atoms with E-state index in [1.807, 2.05) is 0 Å². The molecule has 1 heterocycles. The highest BCUT2D eigenvalue weighted by Crippen LogP contribution is 2.17. The molecule has 0 aromatic carbocycles. The number of carbonyl (C=O) groups is 2. The van der Waals surface area contributed by atoms with E-state index in [1.54, 1.807) is 18.7 Å². The van der Waals surface area contributed by atoms with Crippen LogP contribution in [0, 0.1) is 0 Å². The molecule has 1 rings (SSSR count). The van der Waals surface area contributed by atoms with E-state index in [4.69, 9.17) is 9.47 Å². The second kappa shape index (κ2) is 4.95. The van der Waals surface area contributed by atoms with Crippen molar-refractivity contribution in [2.75, 3.05) is 26.3 Å².